The second kappa shape index (κ2) is 8.72. The number of fused-ring (bicyclic) bond motifs is 1. The van der Waals surface area contributed by atoms with Crippen LogP contribution < -0.4 is 4.74 Å². The SMILES string of the molecule is OCC1(CCOc2ccccc2)CCN(Cc2cccc3cccnc23)CC1. The second-order valence-electron chi connectivity index (χ2n) is 7.84. The molecule has 1 aromatic heterocycles. The van der Waals surface area contributed by atoms with Gasteiger partial charge in [-0.2, -0.15) is 0 Å². The monoisotopic (exact) mass is 376 g/mol. The summed E-state index contributed by atoms with van der Waals surface area (Å²) in [4.78, 5) is 7.06. The van der Waals surface area contributed by atoms with E-state index in [0.29, 0.717) is 6.61 Å². The maximum Gasteiger partial charge on any atom is 0.119 e. The first-order valence-corrected chi connectivity index (χ1v) is 10.1. The molecule has 0 aliphatic carbocycles. The molecule has 1 aliphatic heterocycles. The van der Waals surface area contributed by atoms with Crippen molar-refractivity contribution in [3.8, 4) is 5.75 Å². The third kappa shape index (κ3) is 4.34. The highest BCUT2D eigenvalue weighted by atomic mass is 16.5. The molecule has 1 N–H and O–H groups in total. The van der Waals surface area contributed by atoms with Crippen LogP contribution in [0.3, 0.4) is 0 Å². The Kier molecular flexibility index (Phi) is 5.89. The second-order valence-corrected chi connectivity index (χ2v) is 7.84. The van der Waals surface area contributed by atoms with Crippen molar-refractivity contribution in [2.24, 2.45) is 5.41 Å². The van der Waals surface area contributed by atoms with Gasteiger partial charge in [0, 0.05) is 24.7 Å². The van der Waals surface area contributed by atoms with Crippen LogP contribution in [-0.2, 0) is 6.54 Å². The molecule has 1 fully saturated rings. The van der Waals surface area contributed by atoms with Crippen molar-refractivity contribution in [3.63, 3.8) is 0 Å². The van der Waals surface area contributed by atoms with Crippen LogP contribution in [-0.4, -0.2) is 41.3 Å². The van der Waals surface area contributed by atoms with Crippen LogP contribution in [0.4, 0.5) is 0 Å². The number of benzene rings is 2. The topological polar surface area (TPSA) is 45.6 Å². The summed E-state index contributed by atoms with van der Waals surface area (Å²) >= 11 is 0. The number of aliphatic hydroxyl groups excluding tert-OH is 1. The van der Waals surface area contributed by atoms with Gasteiger partial charge < -0.3 is 9.84 Å². The highest BCUT2D eigenvalue weighted by Crippen LogP contribution is 2.35. The number of hydrogen-bond donors (Lipinski definition) is 1. The Morgan fingerprint density at radius 1 is 0.964 bits per heavy atom. The zero-order valence-electron chi connectivity index (χ0n) is 16.3. The number of piperidine rings is 1. The van der Waals surface area contributed by atoms with E-state index >= 15 is 0 Å². The number of likely N-dealkylation sites (tertiary alicyclic amines) is 1. The van der Waals surface area contributed by atoms with Crippen molar-refractivity contribution in [2.75, 3.05) is 26.3 Å². The van der Waals surface area contributed by atoms with Gasteiger partial charge in [-0.25, -0.2) is 0 Å². The fourth-order valence-corrected chi connectivity index (χ4v) is 4.11. The molecule has 0 amide bonds. The van der Waals surface area contributed by atoms with E-state index in [1.807, 2.05) is 42.6 Å². The first-order chi connectivity index (χ1) is 13.8. The molecular formula is C24H28N2O2. The summed E-state index contributed by atoms with van der Waals surface area (Å²) in [6, 6.07) is 20.4. The van der Waals surface area contributed by atoms with Crippen LogP contribution in [0.2, 0.25) is 0 Å². The van der Waals surface area contributed by atoms with E-state index in [1.165, 1.54) is 10.9 Å². The fourth-order valence-electron chi connectivity index (χ4n) is 4.11. The van der Waals surface area contributed by atoms with E-state index in [4.69, 9.17) is 4.74 Å². The third-order valence-corrected chi connectivity index (χ3v) is 6.01. The third-order valence-electron chi connectivity index (χ3n) is 6.01. The van der Waals surface area contributed by atoms with Gasteiger partial charge in [0.1, 0.15) is 5.75 Å². The molecule has 3 aromatic rings. The van der Waals surface area contributed by atoms with Gasteiger partial charge in [-0.3, -0.25) is 9.88 Å². The lowest BCUT2D eigenvalue weighted by Gasteiger charge is -2.40. The summed E-state index contributed by atoms with van der Waals surface area (Å²) in [5.41, 5.74) is 2.35. The van der Waals surface area contributed by atoms with E-state index in [0.717, 1.165) is 50.2 Å². The average molecular weight is 377 g/mol. The lowest BCUT2D eigenvalue weighted by molar-refractivity contribution is 0.0244. The molecular weight excluding hydrogens is 348 g/mol. The summed E-state index contributed by atoms with van der Waals surface area (Å²) in [7, 11) is 0. The molecule has 4 heteroatoms. The Labute approximate surface area is 166 Å². The van der Waals surface area contributed by atoms with Gasteiger partial charge in [0.2, 0.25) is 0 Å². The lowest BCUT2D eigenvalue weighted by atomic mass is 9.76. The van der Waals surface area contributed by atoms with Gasteiger partial charge in [-0.15, -0.1) is 0 Å². The summed E-state index contributed by atoms with van der Waals surface area (Å²) in [6.45, 7) is 3.78. The highest BCUT2D eigenvalue weighted by molar-refractivity contribution is 5.81. The van der Waals surface area contributed by atoms with E-state index in [-0.39, 0.29) is 12.0 Å². The van der Waals surface area contributed by atoms with Crippen LogP contribution in [0.1, 0.15) is 24.8 Å². The Morgan fingerprint density at radius 2 is 1.75 bits per heavy atom. The number of ether oxygens (including phenoxy) is 1. The molecule has 146 valence electrons. The molecule has 0 bridgehead atoms. The number of para-hydroxylation sites is 2. The Bertz CT molecular complexity index is 884. The molecule has 0 saturated carbocycles. The maximum absolute atomic E-state index is 10.1. The number of hydrogen-bond acceptors (Lipinski definition) is 4. The minimum absolute atomic E-state index is 0.0255. The van der Waals surface area contributed by atoms with Crippen molar-refractivity contribution >= 4 is 10.9 Å². The average Bonchev–Trinajstić information content (AvgIpc) is 2.76. The zero-order valence-corrected chi connectivity index (χ0v) is 16.3. The quantitative estimate of drug-likeness (QED) is 0.669. The fraction of sp³-hybridized carbons (Fsp3) is 0.375. The summed E-state index contributed by atoms with van der Waals surface area (Å²) < 4.78 is 5.87. The van der Waals surface area contributed by atoms with E-state index in [2.05, 4.69) is 34.1 Å². The van der Waals surface area contributed by atoms with Gasteiger partial charge in [-0.05, 0) is 61.5 Å². The van der Waals surface area contributed by atoms with Crippen LogP contribution in [0.15, 0.2) is 66.9 Å². The molecule has 4 nitrogen and oxygen atoms in total. The smallest absolute Gasteiger partial charge is 0.119 e. The maximum atomic E-state index is 10.1. The Morgan fingerprint density at radius 3 is 2.54 bits per heavy atom. The predicted molar refractivity (Wildman–Crippen MR) is 112 cm³/mol. The van der Waals surface area contributed by atoms with E-state index in [1.54, 1.807) is 0 Å². The van der Waals surface area contributed by atoms with E-state index < -0.39 is 0 Å². The van der Waals surface area contributed by atoms with Crippen molar-refractivity contribution in [1.82, 2.24) is 9.88 Å². The molecule has 1 aliphatic rings. The molecule has 0 spiro atoms. The first kappa shape index (κ1) is 18.9. The predicted octanol–water partition coefficient (Wildman–Crippen LogP) is 4.28. The first-order valence-electron chi connectivity index (χ1n) is 10.1. The van der Waals surface area contributed by atoms with Crippen molar-refractivity contribution in [3.05, 3.63) is 72.4 Å². The lowest BCUT2D eigenvalue weighted by Crippen LogP contribution is -2.42. The van der Waals surface area contributed by atoms with Crippen LogP contribution >= 0.6 is 0 Å². The molecule has 0 unspecified atom stereocenters. The van der Waals surface area contributed by atoms with Gasteiger partial charge in [0.05, 0.1) is 12.1 Å². The largest absolute Gasteiger partial charge is 0.494 e. The summed E-state index contributed by atoms with van der Waals surface area (Å²) in [5, 5.41) is 11.3. The molecule has 2 heterocycles. The number of rotatable bonds is 7. The molecule has 1 saturated heterocycles. The number of pyridine rings is 1. The standard InChI is InChI=1S/C24H28N2O2/c27-19-24(13-17-28-22-9-2-1-3-10-22)11-15-26(16-12-24)18-21-7-4-6-20-8-5-14-25-23(20)21/h1-10,14,27H,11-13,15-19H2. The summed E-state index contributed by atoms with van der Waals surface area (Å²) in [6.07, 6.45) is 4.76. The van der Waals surface area contributed by atoms with Gasteiger partial charge >= 0.3 is 0 Å². The van der Waals surface area contributed by atoms with E-state index in [9.17, 15) is 5.11 Å². The van der Waals surface area contributed by atoms with Gasteiger partial charge in [0.15, 0.2) is 0 Å². The highest BCUT2D eigenvalue weighted by Gasteiger charge is 2.34. The molecule has 4 rings (SSSR count). The molecule has 2 aromatic carbocycles. The normalized spacial score (nSPS) is 16.9. The minimum atomic E-state index is -0.0255. The van der Waals surface area contributed by atoms with Gasteiger partial charge in [-0.1, -0.05) is 42.5 Å². The zero-order chi connectivity index (χ0) is 19.2. The Hall–Kier alpha value is -2.43. The summed E-state index contributed by atoms with van der Waals surface area (Å²) in [5.74, 6) is 0.900. The number of aromatic nitrogens is 1. The van der Waals surface area contributed by atoms with Crippen molar-refractivity contribution in [2.45, 2.75) is 25.8 Å². The minimum Gasteiger partial charge on any atom is -0.494 e. The van der Waals surface area contributed by atoms with Crippen molar-refractivity contribution < 1.29 is 9.84 Å². The Balaban J connectivity index is 1.33. The van der Waals surface area contributed by atoms with Crippen molar-refractivity contribution in [1.29, 1.82) is 0 Å². The number of aliphatic hydroxyl groups is 1. The van der Waals surface area contributed by atoms with Crippen LogP contribution in [0.25, 0.3) is 10.9 Å². The number of nitrogens with zero attached hydrogens (tertiary/aromatic N) is 2. The van der Waals surface area contributed by atoms with Crippen LogP contribution in [0, 0.1) is 5.41 Å². The van der Waals surface area contributed by atoms with Gasteiger partial charge in [0.25, 0.3) is 0 Å². The molecule has 28 heavy (non-hydrogen) atoms. The van der Waals surface area contributed by atoms with Crippen LogP contribution in [0.5, 0.6) is 5.75 Å². The molecule has 0 radical (unpaired) electrons. The molecule has 0 atom stereocenters.